The van der Waals surface area contributed by atoms with Crippen molar-refractivity contribution >= 4 is 39.1 Å². The van der Waals surface area contributed by atoms with Gasteiger partial charge in [-0.15, -0.1) is 0 Å². The van der Waals surface area contributed by atoms with Crippen LogP contribution in [0.1, 0.15) is 18.9 Å². The number of nitrogens with zero attached hydrogens (tertiary/aromatic N) is 2. The van der Waals surface area contributed by atoms with Crippen molar-refractivity contribution in [1.29, 1.82) is 0 Å². The first kappa shape index (κ1) is 29.0. The summed E-state index contributed by atoms with van der Waals surface area (Å²) in [6, 6.07) is 21.0. The highest BCUT2D eigenvalue weighted by Gasteiger charge is 2.33. The van der Waals surface area contributed by atoms with E-state index < -0.39 is 28.5 Å². The monoisotopic (exact) mass is 557 g/mol. The van der Waals surface area contributed by atoms with E-state index in [2.05, 4.69) is 5.32 Å². The Morgan fingerprint density at radius 2 is 1.68 bits per heavy atom. The molecular formula is C28H32ClN3O5S. The van der Waals surface area contributed by atoms with Crippen LogP contribution in [0.2, 0.25) is 5.02 Å². The van der Waals surface area contributed by atoms with Crippen LogP contribution in [0.25, 0.3) is 0 Å². The molecule has 0 spiro atoms. The molecule has 3 aromatic rings. The minimum Gasteiger partial charge on any atom is -0.497 e. The molecule has 10 heteroatoms. The molecule has 0 heterocycles. The van der Waals surface area contributed by atoms with Crippen LogP contribution in [0.5, 0.6) is 5.75 Å². The average molecular weight is 558 g/mol. The first-order chi connectivity index (χ1) is 18.2. The molecule has 0 radical (unpaired) electrons. The molecule has 0 aliphatic rings. The predicted octanol–water partition coefficient (Wildman–Crippen LogP) is 4.14. The topological polar surface area (TPSA) is 96.0 Å². The molecular weight excluding hydrogens is 526 g/mol. The summed E-state index contributed by atoms with van der Waals surface area (Å²) in [6.07, 6.45) is 0.866. The Labute approximate surface area is 229 Å². The van der Waals surface area contributed by atoms with Gasteiger partial charge in [-0.05, 0) is 60.9 Å². The molecule has 0 fully saturated rings. The summed E-state index contributed by atoms with van der Waals surface area (Å²) in [7, 11) is -1.18. The molecule has 0 unspecified atom stereocenters. The number of hydrogen-bond donors (Lipinski definition) is 1. The molecule has 0 bridgehead atoms. The zero-order valence-electron chi connectivity index (χ0n) is 21.6. The van der Waals surface area contributed by atoms with E-state index in [0.29, 0.717) is 23.6 Å². The lowest BCUT2D eigenvalue weighted by atomic mass is 10.1. The maximum atomic E-state index is 13.8. The number of ether oxygens (including phenoxy) is 1. The number of likely N-dealkylation sites (N-methyl/N-ethyl adjacent to an activating group) is 1. The molecule has 38 heavy (non-hydrogen) atoms. The van der Waals surface area contributed by atoms with Crippen molar-refractivity contribution in [3.8, 4) is 5.75 Å². The van der Waals surface area contributed by atoms with E-state index in [1.54, 1.807) is 18.2 Å². The van der Waals surface area contributed by atoms with Crippen molar-refractivity contribution in [2.24, 2.45) is 0 Å². The molecule has 0 saturated heterocycles. The Balaban J connectivity index is 2.00. The summed E-state index contributed by atoms with van der Waals surface area (Å²) in [5, 5.41) is 2.94. The summed E-state index contributed by atoms with van der Waals surface area (Å²) in [5.41, 5.74) is 1.23. The minimum atomic E-state index is -4.18. The number of halogens is 1. The van der Waals surface area contributed by atoms with Gasteiger partial charge >= 0.3 is 0 Å². The number of benzene rings is 3. The van der Waals surface area contributed by atoms with Gasteiger partial charge in [0.1, 0.15) is 18.3 Å². The quantitative estimate of drug-likeness (QED) is 0.361. The summed E-state index contributed by atoms with van der Waals surface area (Å²) < 4.78 is 33.8. The molecule has 3 rings (SSSR count). The van der Waals surface area contributed by atoms with Crippen LogP contribution in [0.15, 0.2) is 83.8 Å². The van der Waals surface area contributed by atoms with Gasteiger partial charge in [-0.25, -0.2) is 8.42 Å². The number of sulfonamides is 1. The van der Waals surface area contributed by atoms with Crippen molar-refractivity contribution in [2.75, 3.05) is 31.6 Å². The first-order valence-electron chi connectivity index (χ1n) is 12.2. The number of methoxy groups -OCH3 is 1. The van der Waals surface area contributed by atoms with Gasteiger partial charge in [0.15, 0.2) is 0 Å². The molecule has 0 aliphatic carbocycles. The Bertz CT molecular complexity index is 1330. The normalized spacial score (nSPS) is 11.9. The summed E-state index contributed by atoms with van der Waals surface area (Å²) >= 11 is 6.19. The van der Waals surface area contributed by atoms with Gasteiger partial charge in [-0.1, -0.05) is 54.9 Å². The maximum Gasteiger partial charge on any atom is 0.264 e. The number of amides is 2. The fraction of sp³-hybridized carbons (Fsp3) is 0.286. The third kappa shape index (κ3) is 7.05. The summed E-state index contributed by atoms with van der Waals surface area (Å²) in [5.74, 6) is -0.326. The zero-order valence-corrected chi connectivity index (χ0v) is 23.2. The van der Waals surface area contributed by atoms with Gasteiger partial charge in [0, 0.05) is 18.6 Å². The molecule has 1 N–H and O–H groups in total. The third-order valence-corrected chi connectivity index (χ3v) is 8.16. The minimum absolute atomic E-state index is 0.0137. The van der Waals surface area contributed by atoms with Crippen LogP contribution in [0.4, 0.5) is 5.69 Å². The summed E-state index contributed by atoms with van der Waals surface area (Å²) in [4.78, 5) is 28.0. The van der Waals surface area contributed by atoms with Crippen LogP contribution in [0.3, 0.4) is 0 Å². The highest BCUT2D eigenvalue weighted by Crippen LogP contribution is 2.27. The lowest BCUT2D eigenvalue weighted by Gasteiger charge is -2.33. The van der Waals surface area contributed by atoms with Crippen molar-refractivity contribution in [2.45, 2.75) is 30.7 Å². The van der Waals surface area contributed by atoms with Gasteiger partial charge in [-0.2, -0.15) is 0 Å². The first-order valence-corrected chi connectivity index (χ1v) is 14.0. The Kier molecular flexibility index (Phi) is 10.2. The smallest absolute Gasteiger partial charge is 0.264 e. The van der Waals surface area contributed by atoms with E-state index in [4.69, 9.17) is 16.3 Å². The van der Waals surface area contributed by atoms with Crippen LogP contribution in [-0.2, 0) is 26.0 Å². The molecule has 202 valence electrons. The second kappa shape index (κ2) is 13.3. The number of carbonyl (C=O) groups is 2. The Morgan fingerprint density at radius 3 is 2.26 bits per heavy atom. The van der Waals surface area contributed by atoms with Crippen molar-refractivity contribution < 1.29 is 22.7 Å². The van der Waals surface area contributed by atoms with E-state index >= 15 is 0 Å². The van der Waals surface area contributed by atoms with Gasteiger partial charge in [0.2, 0.25) is 11.8 Å². The average Bonchev–Trinajstić information content (AvgIpc) is 2.93. The van der Waals surface area contributed by atoms with Crippen molar-refractivity contribution in [3.63, 3.8) is 0 Å². The molecule has 0 aliphatic heterocycles. The number of hydrogen-bond acceptors (Lipinski definition) is 5. The summed E-state index contributed by atoms with van der Waals surface area (Å²) in [6.45, 7) is 1.53. The fourth-order valence-electron chi connectivity index (χ4n) is 4.10. The van der Waals surface area contributed by atoms with Crippen LogP contribution >= 0.6 is 11.6 Å². The zero-order chi connectivity index (χ0) is 27.7. The van der Waals surface area contributed by atoms with Gasteiger partial charge in [0.25, 0.3) is 10.0 Å². The number of anilines is 1. The molecule has 0 saturated carbocycles. The lowest BCUT2D eigenvalue weighted by molar-refractivity contribution is -0.139. The van der Waals surface area contributed by atoms with E-state index in [9.17, 15) is 18.0 Å². The second-order valence-electron chi connectivity index (χ2n) is 8.53. The molecule has 1 atom stereocenters. The maximum absolute atomic E-state index is 13.8. The van der Waals surface area contributed by atoms with Crippen LogP contribution in [-0.4, -0.2) is 58.4 Å². The van der Waals surface area contributed by atoms with Gasteiger partial charge in [0.05, 0.1) is 17.7 Å². The number of nitrogens with one attached hydrogen (secondary N) is 1. The largest absolute Gasteiger partial charge is 0.497 e. The SMILES string of the molecule is CC[C@@H](C(=O)NC)N(CCc1ccccc1)C(=O)CN(c1cccc(Cl)c1)S(=O)(=O)c1ccc(OC)cc1. The Morgan fingerprint density at radius 1 is 1.00 bits per heavy atom. The van der Waals surface area contributed by atoms with Crippen molar-refractivity contribution in [3.05, 3.63) is 89.4 Å². The standard InChI is InChI=1S/C28H32ClN3O5S/c1-4-26(28(34)30-2)31(18-17-21-9-6-5-7-10-21)27(33)20-32(23-12-8-11-22(29)19-23)38(35,36)25-15-13-24(37-3)14-16-25/h5-16,19,26H,4,17-18,20H2,1-3H3,(H,30,34)/t26-/m0/s1. The molecule has 8 nitrogen and oxygen atoms in total. The highest BCUT2D eigenvalue weighted by atomic mass is 35.5. The van der Waals surface area contributed by atoms with E-state index in [0.717, 1.165) is 9.87 Å². The van der Waals surface area contributed by atoms with Crippen molar-refractivity contribution in [1.82, 2.24) is 10.2 Å². The highest BCUT2D eigenvalue weighted by molar-refractivity contribution is 7.92. The predicted molar refractivity (Wildman–Crippen MR) is 149 cm³/mol. The lowest BCUT2D eigenvalue weighted by Crippen LogP contribution is -2.52. The molecule has 2 amide bonds. The number of carbonyl (C=O) groups excluding carboxylic acids is 2. The van der Waals surface area contributed by atoms with Crippen LogP contribution in [0, 0.1) is 0 Å². The van der Waals surface area contributed by atoms with E-state index in [1.807, 2.05) is 37.3 Å². The van der Waals surface area contributed by atoms with E-state index in [-0.39, 0.29) is 23.0 Å². The third-order valence-electron chi connectivity index (χ3n) is 6.14. The fourth-order valence-corrected chi connectivity index (χ4v) is 5.69. The second-order valence-corrected chi connectivity index (χ2v) is 10.8. The van der Waals surface area contributed by atoms with Gasteiger partial charge < -0.3 is 15.0 Å². The van der Waals surface area contributed by atoms with E-state index in [1.165, 1.54) is 49.4 Å². The van der Waals surface area contributed by atoms with Crippen LogP contribution < -0.4 is 14.4 Å². The Hall–Kier alpha value is -3.56. The molecule has 3 aromatic carbocycles. The number of rotatable bonds is 12. The van der Waals surface area contributed by atoms with Gasteiger partial charge in [-0.3, -0.25) is 13.9 Å². The molecule has 0 aromatic heterocycles.